The van der Waals surface area contributed by atoms with Crippen molar-refractivity contribution in [3.63, 3.8) is 0 Å². The van der Waals surface area contributed by atoms with E-state index in [0.29, 0.717) is 6.04 Å². The van der Waals surface area contributed by atoms with E-state index in [1.165, 1.54) is 36.1 Å². The SMILES string of the molecule is Cc1cnc(C(C)NCCN2CCN(C)CC2)s1. The van der Waals surface area contributed by atoms with Crippen LogP contribution in [0.15, 0.2) is 6.20 Å². The summed E-state index contributed by atoms with van der Waals surface area (Å²) in [7, 11) is 2.20. The van der Waals surface area contributed by atoms with E-state index < -0.39 is 0 Å². The fourth-order valence-corrected chi connectivity index (χ4v) is 2.97. The fraction of sp³-hybridized carbons (Fsp3) is 0.769. The predicted molar refractivity (Wildman–Crippen MR) is 77.2 cm³/mol. The van der Waals surface area contributed by atoms with Crippen LogP contribution in [0.4, 0.5) is 0 Å². The molecule has 102 valence electrons. The van der Waals surface area contributed by atoms with Crippen LogP contribution in [0.5, 0.6) is 0 Å². The van der Waals surface area contributed by atoms with Gasteiger partial charge in [0, 0.05) is 50.3 Å². The molecule has 1 N–H and O–H groups in total. The molecule has 0 aliphatic carbocycles. The zero-order chi connectivity index (χ0) is 13.0. The Balaban J connectivity index is 1.66. The zero-order valence-electron chi connectivity index (χ0n) is 11.6. The fourth-order valence-electron chi connectivity index (χ4n) is 2.17. The van der Waals surface area contributed by atoms with Gasteiger partial charge in [0.15, 0.2) is 0 Å². The standard InChI is InChI=1S/C13H24N4S/c1-11-10-15-13(18-11)12(2)14-4-5-17-8-6-16(3)7-9-17/h10,12,14H,4-9H2,1-3H3. The van der Waals surface area contributed by atoms with Crippen LogP contribution in [0, 0.1) is 6.92 Å². The second-order valence-electron chi connectivity index (χ2n) is 5.13. The second-order valence-corrected chi connectivity index (χ2v) is 6.40. The van der Waals surface area contributed by atoms with Gasteiger partial charge in [-0.2, -0.15) is 0 Å². The summed E-state index contributed by atoms with van der Waals surface area (Å²) in [4.78, 5) is 10.6. The average Bonchev–Trinajstić information content (AvgIpc) is 2.78. The monoisotopic (exact) mass is 268 g/mol. The molecule has 4 nitrogen and oxygen atoms in total. The van der Waals surface area contributed by atoms with Gasteiger partial charge in [-0.05, 0) is 20.9 Å². The van der Waals surface area contributed by atoms with Gasteiger partial charge in [0.2, 0.25) is 0 Å². The van der Waals surface area contributed by atoms with Crippen molar-refractivity contribution in [1.29, 1.82) is 0 Å². The molecule has 1 aliphatic rings. The molecule has 0 saturated carbocycles. The van der Waals surface area contributed by atoms with Crippen LogP contribution < -0.4 is 5.32 Å². The highest BCUT2D eigenvalue weighted by Gasteiger charge is 2.14. The third kappa shape index (κ3) is 4.02. The van der Waals surface area contributed by atoms with Crippen LogP contribution in [-0.2, 0) is 0 Å². The Morgan fingerprint density at radius 1 is 1.39 bits per heavy atom. The second kappa shape index (κ2) is 6.61. The lowest BCUT2D eigenvalue weighted by atomic mass is 10.3. The molecule has 0 bridgehead atoms. The van der Waals surface area contributed by atoms with Crippen molar-refractivity contribution in [3.8, 4) is 0 Å². The van der Waals surface area contributed by atoms with Crippen LogP contribution in [-0.4, -0.2) is 61.1 Å². The smallest absolute Gasteiger partial charge is 0.109 e. The van der Waals surface area contributed by atoms with Crippen molar-refractivity contribution >= 4 is 11.3 Å². The van der Waals surface area contributed by atoms with Gasteiger partial charge in [-0.3, -0.25) is 4.90 Å². The quantitative estimate of drug-likeness (QED) is 0.873. The number of thiazole rings is 1. The first-order valence-corrected chi connectivity index (χ1v) is 7.53. The minimum absolute atomic E-state index is 0.371. The van der Waals surface area contributed by atoms with Crippen molar-refractivity contribution in [2.75, 3.05) is 46.3 Å². The molecule has 0 radical (unpaired) electrons. The molecular weight excluding hydrogens is 244 g/mol. The first-order valence-electron chi connectivity index (χ1n) is 6.72. The largest absolute Gasteiger partial charge is 0.307 e. The number of nitrogens with one attached hydrogen (secondary N) is 1. The Labute approximate surface area is 114 Å². The van der Waals surface area contributed by atoms with Gasteiger partial charge in [-0.25, -0.2) is 4.98 Å². The average molecular weight is 268 g/mol. The maximum atomic E-state index is 4.43. The molecule has 1 aliphatic heterocycles. The highest BCUT2D eigenvalue weighted by Crippen LogP contribution is 2.18. The van der Waals surface area contributed by atoms with Crippen molar-refractivity contribution in [3.05, 3.63) is 16.1 Å². The lowest BCUT2D eigenvalue weighted by molar-refractivity contribution is 0.154. The van der Waals surface area contributed by atoms with E-state index in [9.17, 15) is 0 Å². The van der Waals surface area contributed by atoms with Crippen LogP contribution in [0.3, 0.4) is 0 Å². The van der Waals surface area contributed by atoms with E-state index in [2.05, 4.69) is 41.0 Å². The third-order valence-corrected chi connectivity index (χ3v) is 4.58. The summed E-state index contributed by atoms with van der Waals surface area (Å²) in [6.07, 6.45) is 1.96. The minimum atomic E-state index is 0.371. The summed E-state index contributed by atoms with van der Waals surface area (Å²) in [5.74, 6) is 0. The van der Waals surface area contributed by atoms with Crippen molar-refractivity contribution < 1.29 is 0 Å². The van der Waals surface area contributed by atoms with Gasteiger partial charge in [-0.1, -0.05) is 0 Å². The maximum Gasteiger partial charge on any atom is 0.109 e. The van der Waals surface area contributed by atoms with Crippen molar-refractivity contribution in [2.45, 2.75) is 19.9 Å². The van der Waals surface area contributed by atoms with Gasteiger partial charge < -0.3 is 10.2 Å². The molecule has 1 unspecified atom stereocenters. The van der Waals surface area contributed by atoms with Gasteiger partial charge in [0.1, 0.15) is 5.01 Å². The summed E-state index contributed by atoms with van der Waals surface area (Å²) < 4.78 is 0. The molecule has 2 rings (SSSR count). The van der Waals surface area contributed by atoms with Crippen LogP contribution in [0.25, 0.3) is 0 Å². The summed E-state index contributed by atoms with van der Waals surface area (Å²) in [6.45, 7) is 11.3. The highest BCUT2D eigenvalue weighted by molar-refractivity contribution is 7.11. The molecule has 18 heavy (non-hydrogen) atoms. The molecular formula is C13H24N4S. The molecule has 1 aromatic heterocycles. The van der Waals surface area contributed by atoms with E-state index in [-0.39, 0.29) is 0 Å². The number of piperazine rings is 1. The first kappa shape index (κ1) is 13.9. The number of aryl methyl sites for hydroxylation is 1. The topological polar surface area (TPSA) is 31.4 Å². The molecule has 0 aromatic carbocycles. The molecule has 0 amide bonds. The number of likely N-dealkylation sites (N-methyl/N-ethyl adjacent to an activating group) is 1. The molecule has 1 saturated heterocycles. The highest BCUT2D eigenvalue weighted by atomic mass is 32.1. The van der Waals surface area contributed by atoms with Gasteiger partial charge in [0.25, 0.3) is 0 Å². The first-order chi connectivity index (χ1) is 8.65. The molecule has 2 heterocycles. The normalized spacial score (nSPS) is 20.2. The molecule has 1 atom stereocenters. The molecule has 1 aromatic rings. The molecule has 5 heteroatoms. The maximum absolute atomic E-state index is 4.43. The minimum Gasteiger partial charge on any atom is -0.307 e. The van der Waals surface area contributed by atoms with Crippen molar-refractivity contribution in [2.24, 2.45) is 0 Å². The Kier molecular flexibility index (Phi) is 5.12. The number of rotatable bonds is 5. The van der Waals surface area contributed by atoms with Gasteiger partial charge in [-0.15, -0.1) is 11.3 Å². The van der Waals surface area contributed by atoms with Crippen LogP contribution in [0.2, 0.25) is 0 Å². The van der Waals surface area contributed by atoms with Crippen molar-refractivity contribution in [1.82, 2.24) is 20.1 Å². The number of nitrogens with zero attached hydrogens (tertiary/aromatic N) is 3. The Bertz CT molecular complexity index is 358. The van der Waals surface area contributed by atoms with Crippen LogP contribution in [0.1, 0.15) is 22.9 Å². The lowest BCUT2D eigenvalue weighted by Crippen LogP contribution is -2.46. The summed E-state index contributed by atoms with van der Waals surface area (Å²) >= 11 is 1.79. The van der Waals surface area contributed by atoms with E-state index in [4.69, 9.17) is 0 Å². The van der Waals surface area contributed by atoms with Gasteiger partial charge in [0.05, 0.1) is 6.04 Å². The molecule has 1 fully saturated rings. The molecule has 0 spiro atoms. The van der Waals surface area contributed by atoms with E-state index >= 15 is 0 Å². The summed E-state index contributed by atoms with van der Waals surface area (Å²) in [5.41, 5.74) is 0. The lowest BCUT2D eigenvalue weighted by Gasteiger charge is -2.32. The predicted octanol–water partition coefficient (Wildman–Crippen LogP) is 1.35. The summed E-state index contributed by atoms with van der Waals surface area (Å²) in [6, 6.07) is 0.371. The van der Waals surface area contributed by atoms with E-state index in [1.807, 2.05) is 6.20 Å². The number of hydrogen-bond donors (Lipinski definition) is 1. The van der Waals surface area contributed by atoms with Gasteiger partial charge >= 0.3 is 0 Å². The Morgan fingerprint density at radius 3 is 2.72 bits per heavy atom. The van der Waals surface area contributed by atoms with E-state index in [0.717, 1.165) is 13.1 Å². The zero-order valence-corrected chi connectivity index (χ0v) is 12.5. The summed E-state index contributed by atoms with van der Waals surface area (Å²) in [5, 5.41) is 4.76. The third-order valence-electron chi connectivity index (χ3n) is 3.48. The van der Waals surface area contributed by atoms with Crippen LogP contribution >= 0.6 is 11.3 Å². The Hall–Kier alpha value is -0.490. The number of hydrogen-bond acceptors (Lipinski definition) is 5. The Morgan fingerprint density at radius 2 is 2.11 bits per heavy atom. The number of aromatic nitrogens is 1. The van der Waals surface area contributed by atoms with E-state index in [1.54, 1.807) is 11.3 Å².